The molecule has 0 radical (unpaired) electrons. The Morgan fingerprint density at radius 2 is 1.75 bits per heavy atom. The molecule has 0 fully saturated rings. The van der Waals surface area contributed by atoms with Gasteiger partial charge in [0, 0.05) is 0 Å². The maximum absolute atomic E-state index is 9.22. The van der Waals surface area contributed by atoms with Crippen molar-refractivity contribution in [1.82, 2.24) is 0 Å². The number of rotatable bonds is 2. The van der Waals surface area contributed by atoms with Gasteiger partial charge in [-0.25, -0.2) is 0 Å². The predicted molar refractivity (Wildman–Crippen MR) is 49.8 cm³/mol. The van der Waals surface area contributed by atoms with Crippen LogP contribution in [0.4, 0.5) is 0 Å². The third-order valence-electron chi connectivity index (χ3n) is 1.98. The van der Waals surface area contributed by atoms with E-state index in [1.165, 1.54) is 5.56 Å². The van der Waals surface area contributed by atoms with E-state index in [2.05, 4.69) is 0 Å². The van der Waals surface area contributed by atoms with Crippen LogP contribution in [-0.4, -0.2) is 11.2 Å². The van der Waals surface area contributed by atoms with Crippen LogP contribution in [0, 0.1) is 6.92 Å². The Kier molecular flexibility index (Phi) is 2.84. The lowest BCUT2D eigenvalue weighted by Crippen LogP contribution is -2.22. The average molecular weight is 165 g/mol. The minimum absolute atomic E-state index is 0.273. The van der Waals surface area contributed by atoms with E-state index in [0.29, 0.717) is 0 Å². The first-order valence-corrected chi connectivity index (χ1v) is 4.11. The van der Waals surface area contributed by atoms with E-state index in [1.54, 1.807) is 6.92 Å². The molecule has 2 nitrogen and oxygen atoms in total. The molecule has 2 atom stereocenters. The number of hydrogen-bond donors (Lipinski definition) is 2. The van der Waals surface area contributed by atoms with Crippen molar-refractivity contribution in [2.45, 2.75) is 26.0 Å². The Bertz CT molecular complexity index is 241. The van der Waals surface area contributed by atoms with Crippen LogP contribution in [0.3, 0.4) is 0 Å². The van der Waals surface area contributed by atoms with Gasteiger partial charge < -0.3 is 10.8 Å². The van der Waals surface area contributed by atoms with Gasteiger partial charge in [0.1, 0.15) is 0 Å². The Balaban J connectivity index is 2.82. The van der Waals surface area contributed by atoms with Crippen LogP contribution in [0.5, 0.6) is 0 Å². The van der Waals surface area contributed by atoms with Gasteiger partial charge in [0.05, 0.1) is 12.1 Å². The first-order valence-electron chi connectivity index (χ1n) is 4.11. The van der Waals surface area contributed by atoms with Gasteiger partial charge in [-0.15, -0.1) is 0 Å². The standard InChI is InChI=1S/C10H15NO/c1-7-3-5-9(6-4-7)10(11)8(2)12/h3-6,8,10,12H,11H2,1-2H3/t8?,10-/m1/s1. The number of hydrogen-bond acceptors (Lipinski definition) is 2. The van der Waals surface area contributed by atoms with Gasteiger partial charge in [-0.1, -0.05) is 29.8 Å². The summed E-state index contributed by atoms with van der Waals surface area (Å²) in [7, 11) is 0. The van der Waals surface area contributed by atoms with Gasteiger partial charge in [-0.3, -0.25) is 0 Å². The molecule has 0 saturated carbocycles. The number of aliphatic hydroxyl groups is 1. The molecule has 2 heteroatoms. The fraction of sp³-hybridized carbons (Fsp3) is 0.400. The van der Waals surface area contributed by atoms with Crippen molar-refractivity contribution in [3.63, 3.8) is 0 Å². The summed E-state index contributed by atoms with van der Waals surface area (Å²) in [4.78, 5) is 0. The maximum Gasteiger partial charge on any atom is 0.0704 e. The summed E-state index contributed by atoms with van der Waals surface area (Å²) >= 11 is 0. The Labute approximate surface area is 73.0 Å². The molecule has 0 spiro atoms. The highest BCUT2D eigenvalue weighted by Crippen LogP contribution is 2.14. The highest BCUT2D eigenvalue weighted by atomic mass is 16.3. The van der Waals surface area contributed by atoms with Crippen LogP contribution in [-0.2, 0) is 0 Å². The van der Waals surface area contributed by atoms with E-state index in [9.17, 15) is 5.11 Å². The molecule has 1 rings (SSSR count). The van der Waals surface area contributed by atoms with E-state index >= 15 is 0 Å². The zero-order chi connectivity index (χ0) is 9.14. The quantitative estimate of drug-likeness (QED) is 0.695. The minimum atomic E-state index is -0.493. The summed E-state index contributed by atoms with van der Waals surface area (Å²) in [6.07, 6.45) is -0.493. The van der Waals surface area contributed by atoms with Crippen molar-refractivity contribution >= 4 is 0 Å². The van der Waals surface area contributed by atoms with Gasteiger partial charge >= 0.3 is 0 Å². The molecular weight excluding hydrogens is 150 g/mol. The van der Waals surface area contributed by atoms with Crippen LogP contribution in [0.25, 0.3) is 0 Å². The molecule has 12 heavy (non-hydrogen) atoms. The van der Waals surface area contributed by atoms with Crippen molar-refractivity contribution in [2.24, 2.45) is 5.73 Å². The molecule has 1 unspecified atom stereocenters. The molecule has 0 aromatic heterocycles. The SMILES string of the molecule is Cc1ccc([C@H](N)C(C)O)cc1. The van der Waals surface area contributed by atoms with Gasteiger partial charge in [0.15, 0.2) is 0 Å². The molecule has 0 aliphatic heterocycles. The lowest BCUT2D eigenvalue weighted by molar-refractivity contribution is 0.164. The van der Waals surface area contributed by atoms with Gasteiger partial charge in [0.2, 0.25) is 0 Å². The Morgan fingerprint density at radius 1 is 1.25 bits per heavy atom. The Hall–Kier alpha value is -0.860. The summed E-state index contributed by atoms with van der Waals surface area (Å²) in [5, 5.41) is 9.22. The molecule has 66 valence electrons. The number of aliphatic hydroxyl groups excluding tert-OH is 1. The monoisotopic (exact) mass is 165 g/mol. The molecule has 0 amide bonds. The zero-order valence-electron chi connectivity index (χ0n) is 7.49. The molecule has 0 bridgehead atoms. The number of aryl methyl sites for hydroxylation is 1. The zero-order valence-corrected chi connectivity index (χ0v) is 7.49. The van der Waals surface area contributed by atoms with Crippen molar-refractivity contribution in [1.29, 1.82) is 0 Å². The lowest BCUT2D eigenvalue weighted by Gasteiger charge is -2.14. The lowest BCUT2D eigenvalue weighted by atomic mass is 10.0. The summed E-state index contributed by atoms with van der Waals surface area (Å²) in [6.45, 7) is 3.72. The molecule has 0 saturated heterocycles. The van der Waals surface area contributed by atoms with Crippen molar-refractivity contribution < 1.29 is 5.11 Å². The van der Waals surface area contributed by atoms with Crippen LogP contribution in [0.1, 0.15) is 24.1 Å². The molecule has 3 N–H and O–H groups in total. The average Bonchev–Trinajstić information content (AvgIpc) is 2.04. The van der Waals surface area contributed by atoms with Crippen molar-refractivity contribution in [3.05, 3.63) is 35.4 Å². The molecule has 1 aromatic carbocycles. The van der Waals surface area contributed by atoms with E-state index in [-0.39, 0.29) is 6.04 Å². The van der Waals surface area contributed by atoms with Crippen molar-refractivity contribution in [2.75, 3.05) is 0 Å². The van der Waals surface area contributed by atoms with Crippen molar-refractivity contribution in [3.8, 4) is 0 Å². The third-order valence-corrected chi connectivity index (χ3v) is 1.98. The van der Waals surface area contributed by atoms with Crippen LogP contribution in [0.15, 0.2) is 24.3 Å². The van der Waals surface area contributed by atoms with Crippen LogP contribution >= 0.6 is 0 Å². The summed E-state index contributed by atoms with van der Waals surface area (Å²) in [6, 6.07) is 7.62. The normalized spacial score (nSPS) is 15.7. The minimum Gasteiger partial charge on any atom is -0.391 e. The molecule has 0 aliphatic carbocycles. The molecule has 1 aromatic rings. The first-order chi connectivity index (χ1) is 5.61. The molecule has 0 heterocycles. The Morgan fingerprint density at radius 3 is 2.17 bits per heavy atom. The largest absolute Gasteiger partial charge is 0.391 e. The second-order valence-electron chi connectivity index (χ2n) is 3.18. The fourth-order valence-corrected chi connectivity index (χ4v) is 1.07. The van der Waals surface area contributed by atoms with Crippen LogP contribution in [0.2, 0.25) is 0 Å². The van der Waals surface area contributed by atoms with E-state index in [1.807, 2.05) is 31.2 Å². The topological polar surface area (TPSA) is 46.2 Å². The van der Waals surface area contributed by atoms with Gasteiger partial charge in [0.25, 0.3) is 0 Å². The number of benzene rings is 1. The van der Waals surface area contributed by atoms with Gasteiger partial charge in [-0.05, 0) is 19.4 Å². The van der Waals surface area contributed by atoms with E-state index in [4.69, 9.17) is 5.73 Å². The molecule has 0 aliphatic rings. The van der Waals surface area contributed by atoms with E-state index < -0.39 is 6.10 Å². The van der Waals surface area contributed by atoms with E-state index in [0.717, 1.165) is 5.56 Å². The van der Waals surface area contributed by atoms with Crippen LogP contribution < -0.4 is 5.73 Å². The second kappa shape index (κ2) is 3.70. The predicted octanol–water partition coefficient (Wildman–Crippen LogP) is 1.38. The first kappa shape index (κ1) is 9.23. The summed E-state index contributed by atoms with van der Waals surface area (Å²) < 4.78 is 0. The van der Waals surface area contributed by atoms with Gasteiger partial charge in [-0.2, -0.15) is 0 Å². The smallest absolute Gasteiger partial charge is 0.0704 e. The summed E-state index contributed by atoms with van der Waals surface area (Å²) in [5.74, 6) is 0. The highest BCUT2D eigenvalue weighted by Gasteiger charge is 2.10. The molecular formula is C10H15NO. The maximum atomic E-state index is 9.22. The third kappa shape index (κ3) is 2.06. The second-order valence-corrected chi connectivity index (χ2v) is 3.18. The summed E-state index contributed by atoms with van der Waals surface area (Å²) in [5.41, 5.74) is 7.93. The number of nitrogens with two attached hydrogens (primary N) is 1. The fourth-order valence-electron chi connectivity index (χ4n) is 1.07. The highest BCUT2D eigenvalue weighted by molar-refractivity contribution is 5.24.